The minimum atomic E-state index is -0.368. The van der Waals surface area contributed by atoms with Gasteiger partial charge in [-0.25, -0.2) is 4.39 Å². The van der Waals surface area contributed by atoms with E-state index >= 15 is 0 Å². The first-order chi connectivity index (χ1) is 17.0. The summed E-state index contributed by atoms with van der Waals surface area (Å²) < 4.78 is 13.5. The first-order valence-corrected chi connectivity index (χ1v) is 11.9. The number of nitrogens with one attached hydrogen (secondary N) is 2. The molecule has 2 amide bonds. The Morgan fingerprint density at radius 1 is 0.914 bits per heavy atom. The standard InChI is InChI=1S/C28H24FN3O2S/c1-19-24(12-7-8-14-26(33)31-32-28(34)21-9-3-2-4-10-21)35-25-13-6-5-11-23(25)27(30-19)20-15-17-22(29)18-16-20/h2-11,13,15-18H,12,14H2,1H3,(H,31,33)(H,32,34)/b8-7-. The van der Waals surface area contributed by atoms with Crippen molar-refractivity contribution in [1.82, 2.24) is 10.9 Å². The predicted molar refractivity (Wildman–Crippen MR) is 137 cm³/mol. The van der Waals surface area contributed by atoms with E-state index in [-0.39, 0.29) is 24.1 Å². The molecule has 0 aliphatic carbocycles. The third-order valence-corrected chi connectivity index (χ3v) is 6.59. The highest BCUT2D eigenvalue weighted by Crippen LogP contribution is 2.38. The van der Waals surface area contributed by atoms with Crippen molar-refractivity contribution in [2.45, 2.75) is 24.7 Å². The molecule has 0 bridgehead atoms. The molecule has 0 saturated heterocycles. The van der Waals surface area contributed by atoms with Crippen LogP contribution in [0, 0.1) is 5.82 Å². The van der Waals surface area contributed by atoms with E-state index in [1.165, 1.54) is 12.1 Å². The Hall–Kier alpha value is -3.97. The summed E-state index contributed by atoms with van der Waals surface area (Å²) in [5.41, 5.74) is 8.83. The van der Waals surface area contributed by atoms with Gasteiger partial charge in [0.2, 0.25) is 5.91 Å². The second-order valence-electron chi connectivity index (χ2n) is 7.82. The van der Waals surface area contributed by atoms with E-state index in [1.54, 1.807) is 54.2 Å². The van der Waals surface area contributed by atoms with Crippen molar-refractivity contribution in [2.24, 2.45) is 4.99 Å². The van der Waals surface area contributed by atoms with Crippen LogP contribution in [0.3, 0.4) is 0 Å². The van der Waals surface area contributed by atoms with E-state index in [4.69, 9.17) is 4.99 Å². The molecule has 0 fully saturated rings. The Kier molecular flexibility index (Phi) is 7.90. The number of nitrogens with zero attached hydrogens (tertiary/aromatic N) is 1. The van der Waals surface area contributed by atoms with Crippen molar-refractivity contribution < 1.29 is 14.0 Å². The summed E-state index contributed by atoms with van der Waals surface area (Å²) >= 11 is 1.64. The molecule has 1 heterocycles. The molecule has 0 saturated carbocycles. The van der Waals surface area contributed by atoms with Crippen LogP contribution in [0.4, 0.5) is 4.39 Å². The van der Waals surface area contributed by atoms with Crippen LogP contribution in [0.2, 0.25) is 0 Å². The first-order valence-electron chi connectivity index (χ1n) is 11.1. The van der Waals surface area contributed by atoms with E-state index in [2.05, 4.69) is 10.9 Å². The van der Waals surface area contributed by atoms with Crippen molar-refractivity contribution in [3.63, 3.8) is 0 Å². The number of allylic oxidation sites excluding steroid dienone is 3. The zero-order valence-electron chi connectivity index (χ0n) is 19.1. The summed E-state index contributed by atoms with van der Waals surface area (Å²) in [5, 5.41) is 0. The number of amides is 2. The van der Waals surface area contributed by atoms with Crippen molar-refractivity contribution in [2.75, 3.05) is 0 Å². The van der Waals surface area contributed by atoms with Crippen molar-refractivity contribution in [1.29, 1.82) is 0 Å². The van der Waals surface area contributed by atoms with Crippen LogP contribution in [0.5, 0.6) is 0 Å². The fraction of sp³-hybridized carbons (Fsp3) is 0.107. The summed E-state index contributed by atoms with van der Waals surface area (Å²) in [6.45, 7) is 1.96. The van der Waals surface area contributed by atoms with Crippen LogP contribution >= 0.6 is 11.8 Å². The van der Waals surface area contributed by atoms with Gasteiger partial charge in [0, 0.05) is 38.6 Å². The minimum Gasteiger partial charge on any atom is -0.273 e. The molecule has 3 aromatic rings. The topological polar surface area (TPSA) is 70.6 Å². The minimum absolute atomic E-state index is 0.132. The van der Waals surface area contributed by atoms with Gasteiger partial charge >= 0.3 is 0 Å². The average Bonchev–Trinajstić information content (AvgIpc) is 3.02. The predicted octanol–water partition coefficient (Wildman–Crippen LogP) is 5.80. The van der Waals surface area contributed by atoms with Crippen LogP contribution in [-0.2, 0) is 4.79 Å². The zero-order chi connectivity index (χ0) is 24.6. The van der Waals surface area contributed by atoms with Crippen LogP contribution in [0.1, 0.15) is 41.3 Å². The number of carbonyl (C=O) groups is 2. The van der Waals surface area contributed by atoms with E-state index < -0.39 is 0 Å². The molecule has 0 atom stereocenters. The van der Waals surface area contributed by atoms with Gasteiger partial charge in [0.25, 0.3) is 5.91 Å². The van der Waals surface area contributed by atoms with E-state index in [9.17, 15) is 14.0 Å². The monoisotopic (exact) mass is 485 g/mol. The third-order valence-electron chi connectivity index (χ3n) is 5.30. The van der Waals surface area contributed by atoms with Crippen LogP contribution in [0.15, 0.2) is 112 Å². The number of fused-ring (bicyclic) bond motifs is 1. The Morgan fingerprint density at radius 2 is 1.63 bits per heavy atom. The van der Waals surface area contributed by atoms with E-state index in [1.807, 2.05) is 43.3 Å². The number of hydrogen-bond acceptors (Lipinski definition) is 4. The van der Waals surface area contributed by atoms with Gasteiger partial charge in [0.1, 0.15) is 5.82 Å². The van der Waals surface area contributed by atoms with Gasteiger partial charge in [-0.15, -0.1) is 0 Å². The molecule has 4 rings (SSSR count). The molecule has 35 heavy (non-hydrogen) atoms. The fourth-order valence-electron chi connectivity index (χ4n) is 3.49. The first kappa shape index (κ1) is 24.2. The molecule has 3 aromatic carbocycles. The number of thioether (sulfide) groups is 1. The van der Waals surface area contributed by atoms with Crippen molar-refractivity contribution >= 4 is 29.3 Å². The molecule has 176 valence electrons. The molecule has 1 aliphatic heterocycles. The largest absolute Gasteiger partial charge is 0.273 e. The van der Waals surface area contributed by atoms with Crippen LogP contribution in [0.25, 0.3) is 0 Å². The van der Waals surface area contributed by atoms with Crippen molar-refractivity contribution in [3.8, 4) is 0 Å². The molecular weight excluding hydrogens is 461 g/mol. The van der Waals surface area contributed by atoms with Gasteiger partial charge in [-0.1, -0.05) is 60.3 Å². The summed E-state index contributed by atoms with van der Waals surface area (Å²) in [6.07, 6.45) is 4.43. The highest BCUT2D eigenvalue weighted by atomic mass is 32.2. The number of halogens is 1. The van der Waals surface area contributed by atoms with Crippen LogP contribution in [-0.4, -0.2) is 17.5 Å². The summed E-state index contributed by atoms with van der Waals surface area (Å²) in [5.74, 6) is -0.967. The molecule has 7 heteroatoms. The quantitative estimate of drug-likeness (QED) is 0.343. The second kappa shape index (κ2) is 11.4. The maximum atomic E-state index is 13.5. The molecule has 0 unspecified atom stereocenters. The van der Waals surface area contributed by atoms with Gasteiger partial charge < -0.3 is 0 Å². The molecule has 5 nitrogen and oxygen atoms in total. The highest BCUT2D eigenvalue weighted by molar-refractivity contribution is 8.03. The average molecular weight is 486 g/mol. The van der Waals surface area contributed by atoms with Gasteiger partial charge in [0.05, 0.1) is 5.71 Å². The highest BCUT2D eigenvalue weighted by Gasteiger charge is 2.18. The lowest BCUT2D eigenvalue weighted by molar-refractivity contribution is -0.121. The number of benzene rings is 3. The lowest BCUT2D eigenvalue weighted by Crippen LogP contribution is -2.41. The number of aliphatic imine (C=N–C) groups is 1. The number of hydrogen-bond donors (Lipinski definition) is 2. The van der Waals surface area contributed by atoms with Gasteiger partial charge in [-0.2, -0.15) is 0 Å². The van der Waals surface area contributed by atoms with Crippen LogP contribution < -0.4 is 10.9 Å². The summed E-state index contributed by atoms with van der Waals surface area (Å²) in [4.78, 5) is 31.1. The number of carbonyl (C=O) groups excluding carboxylic acids is 2. The molecule has 0 aromatic heterocycles. The number of rotatable bonds is 6. The lowest BCUT2D eigenvalue weighted by Gasteiger charge is -2.09. The molecule has 0 spiro atoms. The summed E-state index contributed by atoms with van der Waals surface area (Å²) in [6, 6.07) is 23.0. The summed E-state index contributed by atoms with van der Waals surface area (Å²) in [7, 11) is 0. The molecule has 0 radical (unpaired) electrons. The second-order valence-corrected chi connectivity index (χ2v) is 8.96. The third kappa shape index (κ3) is 6.33. The zero-order valence-corrected chi connectivity index (χ0v) is 19.9. The molecule has 2 N–H and O–H groups in total. The Bertz CT molecular complexity index is 1320. The lowest BCUT2D eigenvalue weighted by atomic mass is 10.0. The normalized spacial score (nSPS) is 13.1. The Morgan fingerprint density at radius 3 is 2.40 bits per heavy atom. The van der Waals surface area contributed by atoms with Gasteiger partial charge in [0.15, 0.2) is 0 Å². The van der Waals surface area contributed by atoms with Gasteiger partial charge in [-0.05, 0) is 55.8 Å². The Balaban J connectivity index is 1.40. The molecular formula is C28H24FN3O2S. The SMILES string of the molecule is CC1=C(C/C=C\CC(=O)NNC(=O)c2ccccc2)Sc2ccccc2C(c2ccc(F)cc2)=N1. The van der Waals surface area contributed by atoms with Crippen molar-refractivity contribution in [3.05, 3.63) is 124 Å². The smallest absolute Gasteiger partial charge is 0.269 e. The fourth-order valence-corrected chi connectivity index (χ4v) is 4.54. The number of hydrazine groups is 1. The maximum Gasteiger partial charge on any atom is 0.269 e. The Labute approximate surface area is 207 Å². The van der Waals surface area contributed by atoms with E-state index in [0.29, 0.717) is 12.0 Å². The maximum absolute atomic E-state index is 13.5. The van der Waals surface area contributed by atoms with Gasteiger partial charge in [-0.3, -0.25) is 25.4 Å². The van der Waals surface area contributed by atoms with E-state index in [0.717, 1.165) is 32.3 Å². The molecule has 1 aliphatic rings.